The van der Waals surface area contributed by atoms with E-state index in [9.17, 15) is 21.6 Å². The zero-order valence-corrected chi connectivity index (χ0v) is 13.7. The van der Waals surface area contributed by atoms with Crippen LogP contribution in [0.15, 0.2) is 60.7 Å². The van der Waals surface area contributed by atoms with E-state index in [0.29, 0.717) is 5.56 Å². The van der Waals surface area contributed by atoms with Crippen LogP contribution < -0.4 is 10.5 Å². The number of hydrogen-bond acceptors (Lipinski definition) is 3. The highest BCUT2D eigenvalue weighted by Crippen LogP contribution is 2.40. The predicted octanol–water partition coefficient (Wildman–Crippen LogP) is 3.22. The van der Waals surface area contributed by atoms with E-state index in [1.165, 1.54) is 29.0 Å². The number of nitrogens with two attached hydrogens (primary N) is 1. The Morgan fingerprint density at radius 1 is 0.958 bits per heavy atom. The lowest BCUT2D eigenvalue weighted by Crippen LogP contribution is -2.52. The normalized spacial score (nSPS) is 16.4. The minimum absolute atomic E-state index is 0.0934. The van der Waals surface area contributed by atoms with Crippen LogP contribution in [-0.4, -0.2) is 13.9 Å². The van der Waals surface area contributed by atoms with Gasteiger partial charge in [0.15, 0.2) is 5.00 Å². The molecule has 0 heterocycles. The van der Waals surface area contributed by atoms with Crippen LogP contribution in [0.1, 0.15) is 17.2 Å². The largest absolute Gasteiger partial charge is 0.511 e. The molecule has 0 aliphatic carbocycles. The number of nitrogens with one attached hydrogen (secondary N) is 1. The first-order valence-electron chi connectivity index (χ1n) is 6.73. The lowest BCUT2D eigenvalue weighted by Gasteiger charge is -2.34. The average Bonchev–Trinajstić information content (AvgIpc) is 2.54. The van der Waals surface area contributed by atoms with Crippen molar-refractivity contribution in [1.29, 1.82) is 0 Å². The first-order valence-corrected chi connectivity index (χ1v) is 8.59. The van der Waals surface area contributed by atoms with E-state index in [1.807, 2.05) is 0 Å². The molecular weight excluding hydrogens is 365 g/mol. The van der Waals surface area contributed by atoms with Crippen molar-refractivity contribution < 1.29 is 21.6 Å². The lowest BCUT2D eigenvalue weighted by molar-refractivity contribution is -0.0454. The van der Waals surface area contributed by atoms with Crippen LogP contribution in [0.4, 0.5) is 13.2 Å². The van der Waals surface area contributed by atoms with Crippen LogP contribution >= 0.6 is 11.6 Å². The molecule has 0 aromatic heterocycles. The fourth-order valence-electron chi connectivity index (χ4n) is 2.13. The second-order valence-corrected chi connectivity index (χ2v) is 7.29. The van der Waals surface area contributed by atoms with E-state index in [4.69, 9.17) is 17.3 Å². The molecule has 9 heteroatoms. The van der Waals surface area contributed by atoms with Gasteiger partial charge in [-0.3, -0.25) is 0 Å². The highest BCUT2D eigenvalue weighted by molar-refractivity contribution is 7.90. The third-order valence-electron chi connectivity index (χ3n) is 3.37. The number of rotatable bonds is 5. The maximum absolute atomic E-state index is 12.8. The summed E-state index contributed by atoms with van der Waals surface area (Å²) in [5, 5.41) is 0. The Balaban J connectivity index is 2.55. The number of halogens is 4. The number of alkyl halides is 4. The lowest BCUT2D eigenvalue weighted by atomic mass is 9.94. The van der Waals surface area contributed by atoms with Crippen LogP contribution in [0.5, 0.6) is 0 Å². The van der Waals surface area contributed by atoms with Gasteiger partial charge in [-0.15, -0.1) is 0 Å². The molecule has 0 fully saturated rings. The summed E-state index contributed by atoms with van der Waals surface area (Å²) in [6.45, 7) is 0. The molecule has 0 spiro atoms. The summed E-state index contributed by atoms with van der Waals surface area (Å²) in [4.78, 5) is -2.21. The molecule has 3 N–H and O–H groups in total. The Morgan fingerprint density at radius 3 is 1.88 bits per heavy atom. The summed E-state index contributed by atoms with van der Waals surface area (Å²) >= 11 is 6.32. The summed E-state index contributed by atoms with van der Waals surface area (Å²) < 4.78 is 63.1. The van der Waals surface area contributed by atoms with Crippen molar-refractivity contribution in [3.63, 3.8) is 0 Å². The zero-order valence-electron chi connectivity index (χ0n) is 12.2. The van der Waals surface area contributed by atoms with Crippen molar-refractivity contribution in [3.05, 3.63) is 71.8 Å². The van der Waals surface area contributed by atoms with Gasteiger partial charge in [-0.25, -0.2) is 8.42 Å². The number of sulfonamides is 1. The molecule has 4 nitrogen and oxygen atoms in total. The Labute approximate surface area is 142 Å². The van der Waals surface area contributed by atoms with Gasteiger partial charge in [0.1, 0.15) is 0 Å². The van der Waals surface area contributed by atoms with Crippen molar-refractivity contribution in [2.45, 2.75) is 16.5 Å². The molecule has 0 radical (unpaired) electrons. The molecular formula is C15H14ClF3N2O2S. The van der Waals surface area contributed by atoms with E-state index in [-0.39, 0.29) is 5.56 Å². The van der Waals surface area contributed by atoms with Crippen molar-refractivity contribution >= 4 is 21.6 Å². The second-order valence-electron chi connectivity index (χ2n) is 5.02. The van der Waals surface area contributed by atoms with Gasteiger partial charge in [0.25, 0.3) is 0 Å². The third kappa shape index (κ3) is 3.72. The Bertz CT molecular complexity index is 785. The summed E-state index contributed by atoms with van der Waals surface area (Å²) in [6, 6.07) is 14.2. The topological polar surface area (TPSA) is 72.2 Å². The molecule has 0 aliphatic rings. The van der Waals surface area contributed by atoms with Gasteiger partial charge in [0.05, 0.1) is 6.04 Å². The molecule has 0 bridgehead atoms. The number of benzene rings is 2. The van der Waals surface area contributed by atoms with Gasteiger partial charge in [-0.2, -0.15) is 17.9 Å². The van der Waals surface area contributed by atoms with Crippen LogP contribution in [0, 0.1) is 0 Å². The monoisotopic (exact) mass is 378 g/mol. The van der Waals surface area contributed by atoms with Crippen LogP contribution in [0.2, 0.25) is 0 Å². The van der Waals surface area contributed by atoms with Gasteiger partial charge >= 0.3 is 15.5 Å². The molecule has 0 aliphatic heterocycles. The smallest absolute Gasteiger partial charge is 0.321 e. The Hall–Kier alpha value is -1.61. The molecule has 24 heavy (non-hydrogen) atoms. The maximum atomic E-state index is 12.8. The van der Waals surface area contributed by atoms with Crippen LogP contribution in [0.25, 0.3) is 0 Å². The maximum Gasteiger partial charge on any atom is 0.511 e. The standard InChI is InChI=1S/C15H14ClF3N2O2S/c16-14(12-9-5-2-6-10-12,21-24(22,23)15(17,18)19)13(20)11-7-3-1-4-8-11/h1-10,13,21H,20H2/t13-,14-/m0/s1. The summed E-state index contributed by atoms with van der Waals surface area (Å²) in [6.07, 6.45) is 0. The van der Waals surface area contributed by atoms with Crippen molar-refractivity contribution in [1.82, 2.24) is 4.72 Å². The van der Waals surface area contributed by atoms with Gasteiger partial charge in [0, 0.05) is 0 Å². The summed E-state index contributed by atoms with van der Waals surface area (Å²) in [5.74, 6) is 0. The van der Waals surface area contributed by atoms with E-state index in [2.05, 4.69) is 0 Å². The molecule has 130 valence electrons. The van der Waals surface area contributed by atoms with E-state index < -0.39 is 26.6 Å². The van der Waals surface area contributed by atoms with Gasteiger partial charge in [0.2, 0.25) is 0 Å². The number of hydrogen-bond donors (Lipinski definition) is 2. The van der Waals surface area contributed by atoms with Gasteiger partial charge in [-0.1, -0.05) is 72.3 Å². The van der Waals surface area contributed by atoms with E-state index in [1.54, 1.807) is 36.4 Å². The molecule has 0 saturated carbocycles. The van der Waals surface area contributed by atoms with Crippen LogP contribution in [-0.2, 0) is 15.0 Å². The van der Waals surface area contributed by atoms with Crippen molar-refractivity contribution in [3.8, 4) is 0 Å². The third-order valence-corrected chi connectivity index (χ3v) is 5.23. The quantitative estimate of drug-likeness (QED) is 0.620. The first kappa shape index (κ1) is 18.7. The molecule has 2 rings (SSSR count). The van der Waals surface area contributed by atoms with Crippen molar-refractivity contribution in [2.24, 2.45) is 5.73 Å². The highest BCUT2D eigenvalue weighted by atomic mass is 35.5. The summed E-state index contributed by atoms with van der Waals surface area (Å²) in [7, 11) is -5.72. The molecule has 0 unspecified atom stereocenters. The molecule has 2 atom stereocenters. The fraction of sp³-hybridized carbons (Fsp3) is 0.200. The first-order chi connectivity index (χ1) is 11.1. The van der Waals surface area contributed by atoms with E-state index >= 15 is 0 Å². The SMILES string of the molecule is N[C@@H](c1ccccc1)[C@@](Cl)(NS(=O)(=O)C(F)(F)F)c1ccccc1. The predicted molar refractivity (Wildman–Crippen MR) is 85.5 cm³/mol. The minimum Gasteiger partial charge on any atom is -0.321 e. The second kappa shape index (κ2) is 6.72. The van der Waals surface area contributed by atoms with Crippen molar-refractivity contribution in [2.75, 3.05) is 0 Å². The fourth-order valence-corrected chi connectivity index (χ4v) is 3.43. The molecule has 2 aromatic rings. The minimum atomic E-state index is -5.72. The molecule has 0 saturated heterocycles. The Kier molecular flexibility index (Phi) is 5.24. The van der Waals surface area contributed by atoms with E-state index in [0.717, 1.165) is 0 Å². The van der Waals surface area contributed by atoms with Crippen LogP contribution in [0.3, 0.4) is 0 Å². The zero-order chi connectivity index (χ0) is 18.0. The molecule has 2 aromatic carbocycles. The Morgan fingerprint density at radius 2 is 1.42 bits per heavy atom. The average molecular weight is 379 g/mol. The summed E-state index contributed by atoms with van der Waals surface area (Å²) in [5.41, 5.74) is 0.984. The van der Waals surface area contributed by atoms with Gasteiger partial charge in [-0.05, 0) is 11.1 Å². The highest BCUT2D eigenvalue weighted by Gasteiger charge is 2.52. The van der Waals surface area contributed by atoms with Gasteiger partial charge < -0.3 is 5.73 Å². The molecule has 0 amide bonds.